The number of piperazine rings is 1. The van der Waals surface area contributed by atoms with Gasteiger partial charge in [0.05, 0.1) is 17.6 Å². The van der Waals surface area contributed by atoms with Gasteiger partial charge in [-0.25, -0.2) is 4.98 Å². The first-order valence-corrected chi connectivity index (χ1v) is 13.7. The van der Waals surface area contributed by atoms with E-state index in [0.29, 0.717) is 17.6 Å². The summed E-state index contributed by atoms with van der Waals surface area (Å²) in [5.74, 6) is 0.824. The van der Waals surface area contributed by atoms with Crippen molar-refractivity contribution in [3.8, 4) is 0 Å². The van der Waals surface area contributed by atoms with Crippen molar-refractivity contribution in [1.29, 1.82) is 0 Å². The average Bonchev–Trinajstić information content (AvgIpc) is 3.67. The Morgan fingerprint density at radius 3 is 2.63 bits per heavy atom. The van der Waals surface area contributed by atoms with Gasteiger partial charge in [-0.2, -0.15) is 0 Å². The highest BCUT2D eigenvalue weighted by Crippen LogP contribution is 2.30. The van der Waals surface area contributed by atoms with Gasteiger partial charge in [-0.1, -0.05) is 26.8 Å². The van der Waals surface area contributed by atoms with E-state index in [4.69, 9.17) is 4.98 Å². The molecule has 2 bridgehead atoms. The summed E-state index contributed by atoms with van der Waals surface area (Å²) in [6.07, 6.45) is 3.89. The van der Waals surface area contributed by atoms with Crippen molar-refractivity contribution < 1.29 is 9.59 Å². The molecule has 35 heavy (non-hydrogen) atoms. The van der Waals surface area contributed by atoms with E-state index in [2.05, 4.69) is 53.1 Å². The number of aromatic nitrogens is 2. The number of carbonyl (C=O) groups excluding carboxylic acids is 2. The fourth-order valence-corrected chi connectivity index (χ4v) is 6.55. The number of fused-ring (bicyclic) bond motifs is 3. The van der Waals surface area contributed by atoms with E-state index in [1.165, 1.54) is 4.88 Å². The molecule has 0 spiro atoms. The SMILES string of the molecule is CCC(CC)n1c(Cc2cccs2)nc2cc(C(=O)NCC(=O)N3CC4CC3CN4CC)ccc21. The first-order chi connectivity index (χ1) is 17.0. The molecule has 1 N–H and O–H groups in total. The molecule has 2 aromatic heterocycles. The number of likely N-dealkylation sites (N-methyl/N-ethyl adjacent to an activating group) is 1. The number of hydrogen-bond donors (Lipinski definition) is 1. The lowest BCUT2D eigenvalue weighted by Gasteiger charge is -2.33. The van der Waals surface area contributed by atoms with Gasteiger partial charge in [0.15, 0.2) is 0 Å². The van der Waals surface area contributed by atoms with E-state index in [1.54, 1.807) is 11.3 Å². The Hall–Kier alpha value is -2.71. The van der Waals surface area contributed by atoms with Crippen LogP contribution in [0.3, 0.4) is 0 Å². The van der Waals surface area contributed by atoms with E-state index >= 15 is 0 Å². The Labute approximate surface area is 211 Å². The van der Waals surface area contributed by atoms with Crippen LogP contribution in [0, 0.1) is 0 Å². The largest absolute Gasteiger partial charge is 0.343 e. The van der Waals surface area contributed by atoms with E-state index in [9.17, 15) is 9.59 Å². The van der Waals surface area contributed by atoms with Gasteiger partial charge in [0.1, 0.15) is 5.82 Å². The van der Waals surface area contributed by atoms with Crippen LogP contribution in [0.1, 0.15) is 67.1 Å². The third-order valence-corrected chi connectivity index (χ3v) is 8.60. The maximum absolute atomic E-state index is 12.9. The van der Waals surface area contributed by atoms with Crippen LogP contribution in [0.15, 0.2) is 35.7 Å². The lowest BCUT2D eigenvalue weighted by atomic mass is 10.1. The van der Waals surface area contributed by atoms with Crippen molar-refractivity contribution >= 4 is 34.2 Å². The highest BCUT2D eigenvalue weighted by molar-refractivity contribution is 7.09. The predicted octanol–water partition coefficient (Wildman–Crippen LogP) is 4.08. The zero-order valence-electron chi connectivity index (χ0n) is 20.9. The number of thiophene rings is 1. The molecule has 2 amide bonds. The molecule has 186 valence electrons. The van der Waals surface area contributed by atoms with E-state index in [1.807, 2.05) is 23.1 Å². The molecule has 2 atom stereocenters. The van der Waals surface area contributed by atoms with Gasteiger partial charge < -0.3 is 14.8 Å². The van der Waals surface area contributed by atoms with Crippen molar-refractivity contribution in [2.45, 2.75) is 64.6 Å². The number of amides is 2. The minimum atomic E-state index is -0.225. The quantitative estimate of drug-likeness (QED) is 0.488. The van der Waals surface area contributed by atoms with Gasteiger partial charge in [0.2, 0.25) is 5.91 Å². The highest BCUT2D eigenvalue weighted by atomic mass is 32.1. The standard InChI is InChI=1S/C27H35N5O2S/c1-4-19(5-2)32-24-10-9-18(12-23(24)29-25(32)14-22-8-7-11-35-22)27(34)28-15-26(33)31-17-20-13-21(31)16-30(20)6-3/h7-12,19-21H,4-6,13-17H2,1-3H3,(H,28,34). The molecule has 2 aliphatic heterocycles. The van der Waals surface area contributed by atoms with Crippen LogP contribution in [0.5, 0.6) is 0 Å². The topological polar surface area (TPSA) is 70.5 Å². The Bertz CT molecular complexity index is 1200. The zero-order chi connectivity index (χ0) is 24.5. The van der Waals surface area contributed by atoms with Gasteiger partial charge >= 0.3 is 0 Å². The average molecular weight is 494 g/mol. The fraction of sp³-hybridized carbons (Fsp3) is 0.519. The van der Waals surface area contributed by atoms with Crippen LogP contribution < -0.4 is 5.32 Å². The van der Waals surface area contributed by atoms with Crippen molar-refractivity contribution in [2.24, 2.45) is 0 Å². The second-order valence-electron chi connectivity index (χ2n) is 9.69. The molecule has 2 fully saturated rings. The monoisotopic (exact) mass is 493 g/mol. The van der Waals surface area contributed by atoms with Gasteiger partial charge in [-0.15, -0.1) is 11.3 Å². The number of benzene rings is 1. The minimum absolute atomic E-state index is 0.0129. The molecule has 4 heterocycles. The van der Waals surface area contributed by atoms with Gasteiger partial charge in [-0.3, -0.25) is 14.5 Å². The van der Waals surface area contributed by atoms with Crippen LogP contribution in [0.25, 0.3) is 11.0 Å². The van der Waals surface area contributed by atoms with Gasteiger partial charge in [0.25, 0.3) is 5.91 Å². The molecule has 8 heteroatoms. The smallest absolute Gasteiger partial charge is 0.251 e. The van der Waals surface area contributed by atoms with Crippen LogP contribution in [-0.2, 0) is 11.2 Å². The summed E-state index contributed by atoms with van der Waals surface area (Å²) >= 11 is 1.74. The van der Waals surface area contributed by atoms with Crippen LogP contribution in [0.2, 0.25) is 0 Å². The number of hydrogen-bond acceptors (Lipinski definition) is 5. The Morgan fingerprint density at radius 1 is 1.14 bits per heavy atom. The first kappa shape index (κ1) is 24.0. The van der Waals surface area contributed by atoms with Crippen LogP contribution in [0.4, 0.5) is 0 Å². The third-order valence-electron chi connectivity index (χ3n) is 7.73. The molecule has 2 aliphatic rings. The van der Waals surface area contributed by atoms with Crippen molar-refractivity contribution in [3.05, 3.63) is 52.0 Å². The summed E-state index contributed by atoms with van der Waals surface area (Å²) < 4.78 is 2.35. The number of imidazole rings is 1. The number of nitrogens with zero attached hydrogens (tertiary/aromatic N) is 4. The van der Waals surface area contributed by atoms with Gasteiger partial charge in [-0.05, 0) is 55.5 Å². The molecule has 5 rings (SSSR count). The van der Waals surface area contributed by atoms with Crippen molar-refractivity contribution in [3.63, 3.8) is 0 Å². The first-order valence-electron chi connectivity index (χ1n) is 12.9. The number of likely N-dealkylation sites (tertiary alicyclic amines) is 2. The van der Waals surface area contributed by atoms with Gasteiger partial charge in [0, 0.05) is 48.1 Å². The molecule has 0 saturated carbocycles. The molecule has 0 aliphatic carbocycles. The molecular weight excluding hydrogens is 458 g/mol. The molecule has 7 nitrogen and oxygen atoms in total. The summed E-state index contributed by atoms with van der Waals surface area (Å²) in [4.78, 5) is 36.4. The molecule has 2 saturated heterocycles. The lowest BCUT2D eigenvalue weighted by molar-refractivity contribution is -0.132. The Balaban J connectivity index is 1.30. The van der Waals surface area contributed by atoms with Crippen LogP contribution in [-0.4, -0.2) is 69.4 Å². The maximum atomic E-state index is 12.9. The van der Waals surface area contributed by atoms with E-state index < -0.39 is 0 Å². The van der Waals surface area contributed by atoms with E-state index in [0.717, 1.165) is 62.2 Å². The molecule has 1 aromatic carbocycles. The summed E-state index contributed by atoms with van der Waals surface area (Å²) in [5, 5.41) is 4.94. The summed E-state index contributed by atoms with van der Waals surface area (Å²) in [6.45, 7) is 9.38. The summed E-state index contributed by atoms with van der Waals surface area (Å²) in [7, 11) is 0. The molecular formula is C27H35N5O2S. The van der Waals surface area contributed by atoms with E-state index in [-0.39, 0.29) is 24.4 Å². The van der Waals surface area contributed by atoms with Crippen molar-refractivity contribution in [2.75, 3.05) is 26.2 Å². The second kappa shape index (κ2) is 10.1. The lowest BCUT2D eigenvalue weighted by Crippen LogP contribution is -2.51. The molecule has 3 aromatic rings. The normalized spacial score (nSPS) is 19.8. The zero-order valence-corrected chi connectivity index (χ0v) is 21.7. The minimum Gasteiger partial charge on any atom is -0.343 e. The predicted molar refractivity (Wildman–Crippen MR) is 140 cm³/mol. The Morgan fingerprint density at radius 2 is 1.97 bits per heavy atom. The maximum Gasteiger partial charge on any atom is 0.251 e. The number of rotatable bonds is 9. The van der Waals surface area contributed by atoms with Crippen LogP contribution >= 0.6 is 11.3 Å². The van der Waals surface area contributed by atoms with Crippen molar-refractivity contribution in [1.82, 2.24) is 24.7 Å². The third kappa shape index (κ3) is 4.61. The Kier molecular flexibility index (Phi) is 6.93. The molecule has 2 unspecified atom stereocenters. The highest BCUT2D eigenvalue weighted by Gasteiger charge is 2.44. The second-order valence-corrected chi connectivity index (χ2v) is 10.7. The number of carbonyl (C=O) groups is 2. The summed E-state index contributed by atoms with van der Waals surface area (Å²) in [6, 6.07) is 11.1. The fourth-order valence-electron chi connectivity index (χ4n) is 5.85. The molecule has 0 radical (unpaired) electrons. The number of nitrogens with one attached hydrogen (secondary N) is 1. The summed E-state index contributed by atoms with van der Waals surface area (Å²) in [5.41, 5.74) is 2.44.